The van der Waals surface area contributed by atoms with Crippen LogP contribution >= 0.6 is 11.3 Å². The van der Waals surface area contributed by atoms with E-state index in [0.717, 1.165) is 30.6 Å². The quantitative estimate of drug-likeness (QED) is 0.867. The van der Waals surface area contributed by atoms with Gasteiger partial charge in [-0.3, -0.25) is 0 Å². The smallest absolute Gasteiger partial charge is 0.123 e. The van der Waals surface area contributed by atoms with Crippen LogP contribution in [0.15, 0.2) is 29.8 Å². The molecule has 0 saturated carbocycles. The Hall–Kier alpha value is -1.26. The van der Waals surface area contributed by atoms with Gasteiger partial charge in [0.05, 0.1) is 11.2 Å². The third-order valence-electron chi connectivity index (χ3n) is 3.09. The minimum atomic E-state index is -0.184. The Kier molecular flexibility index (Phi) is 5.05. The number of hydrogen-bond acceptors (Lipinski definition) is 3. The number of aryl methyl sites for hydroxylation is 1. The van der Waals surface area contributed by atoms with Crippen LogP contribution in [0.25, 0.3) is 0 Å². The molecule has 2 aromatic rings. The first-order chi connectivity index (χ1) is 9.20. The predicted octanol–water partition coefficient (Wildman–Crippen LogP) is 3.87. The molecule has 2 nitrogen and oxygen atoms in total. The van der Waals surface area contributed by atoms with Crippen molar-refractivity contribution in [3.05, 3.63) is 51.7 Å². The number of nitrogens with zero attached hydrogens (tertiary/aromatic N) is 1. The second-order valence-corrected chi connectivity index (χ2v) is 5.53. The van der Waals surface area contributed by atoms with Crippen molar-refractivity contribution in [2.75, 3.05) is 6.54 Å². The average Bonchev–Trinajstić information content (AvgIpc) is 2.83. The highest BCUT2D eigenvalue weighted by Crippen LogP contribution is 2.25. The van der Waals surface area contributed by atoms with Gasteiger partial charge in [-0.2, -0.15) is 0 Å². The first kappa shape index (κ1) is 14.2. The van der Waals surface area contributed by atoms with Gasteiger partial charge in [0, 0.05) is 10.9 Å². The molecule has 0 amide bonds. The zero-order chi connectivity index (χ0) is 13.7. The first-order valence-electron chi connectivity index (χ1n) is 6.58. The maximum absolute atomic E-state index is 12.9. The minimum Gasteiger partial charge on any atom is -0.309 e. The largest absolute Gasteiger partial charge is 0.309 e. The van der Waals surface area contributed by atoms with Crippen molar-refractivity contribution in [2.24, 2.45) is 0 Å². The molecule has 2 rings (SSSR count). The summed E-state index contributed by atoms with van der Waals surface area (Å²) in [5, 5.41) is 3.55. The monoisotopic (exact) mass is 278 g/mol. The number of thiazole rings is 1. The van der Waals surface area contributed by atoms with E-state index >= 15 is 0 Å². The second-order valence-electron chi connectivity index (χ2n) is 4.64. The van der Waals surface area contributed by atoms with Crippen molar-refractivity contribution in [2.45, 2.75) is 32.7 Å². The van der Waals surface area contributed by atoms with Crippen LogP contribution < -0.4 is 5.32 Å². The van der Waals surface area contributed by atoms with E-state index in [1.165, 1.54) is 17.0 Å². The molecule has 102 valence electrons. The zero-order valence-electron chi connectivity index (χ0n) is 11.3. The van der Waals surface area contributed by atoms with E-state index < -0.39 is 0 Å². The van der Waals surface area contributed by atoms with Gasteiger partial charge in [0.1, 0.15) is 5.82 Å². The van der Waals surface area contributed by atoms with E-state index in [1.54, 1.807) is 11.3 Å². The van der Waals surface area contributed by atoms with Crippen LogP contribution in [0.3, 0.4) is 0 Å². The summed E-state index contributed by atoms with van der Waals surface area (Å²) in [6, 6.07) is 7.01. The van der Waals surface area contributed by atoms with Gasteiger partial charge in [-0.15, -0.1) is 11.3 Å². The molecule has 19 heavy (non-hydrogen) atoms. The maximum Gasteiger partial charge on any atom is 0.123 e. The Labute approximate surface area is 117 Å². The van der Waals surface area contributed by atoms with Gasteiger partial charge >= 0.3 is 0 Å². The lowest BCUT2D eigenvalue weighted by Gasteiger charge is -2.18. The molecule has 0 spiro atoms. The van der Waals surface area contributed by atoms with E-state index in [0.29, 0.717) is 0 Å². The molecule has 1 heterocycles. The fourth-order valence-electron chi connectivity index (χ4n) is 2.08. The van der Waals surface area contributed by atoms with Gasteiger partial charge < -0.3 is 5.32 Å². The van der Waals surface area contributed by atoms with Gasteiger partial charge in [-0.25, -0.2) is 9.37 Å². The highest BCUT2D eigenvalue weighted by Gasteiger charge is 2.16. The van der Waals surface area contributed by atoms with E-state index in [-0.39, 0.29) is 11.9 Å². The van der Waals surface area contributed by atoms with Crippen LogP contribution in [0.5, 0.6) is 0 Å². The second kappa shape index (κ2) is 6.78. The summed E-state index contributed by atoms with van der Waals surface area (Å²) in [5.74, 6) is -0.184. The van der Waals surface area contributed by atoms with Gasteiger partial charge in [-0.05, 0) is 44.0 Å². The molecule has 1 atom stereocenters. The summed E-state index contributed by atoms with van der Waals surface area (Å²) in [6.07, 6.45) is 1.96. The third-order valence-corrected chi connectivity index (χ3v) is 4.14. The number of rotatable bonds is 6. The van der Waals surface area contributed by atoms with Crippen molar-refractivity contribution in [1.82, 2.24) is 10.3 Å². The number of halogens is 1. The van der Waals surface area contributed by atoms with Gasteiger partial charge in [0.25, 0.3) is 0 Å². The van der Waals surface area contributed by atoms with E-state index in [9.17, 15) is 4.39 Å². The molecule has 0 radical (unpaired) electrons. The topological polar surface area (TPSA) is 24.9 Å². The Bertz CT molecular complexity index is 507. The summed E-state index contributed by atoms with van der Waals surface area (Å²) in [7, 11) is 0. The van der Waals surface area contributed by atoms with Crippen LogP contribution in [0.4, 0.5) is 4.39 Å². The fraction of sp³-hybridized carbons (Fsp3) is 0.400. The van der Waals surface area contributed by atoms with E-state index in [1.807, 2.05) is 24.6 Å². The van der Waals surface area contributed by atoms with E-state index in [2.05, 4.69) is 17.2 Å². The molecule has 0 saturated heterocycles. The van der Waals surface area contributed by atoms with Crippen molar-refractivity contribution < 1.29 is 4.39 Å². The maximum atomic E-state index is 12.9. The summed E-state index contributed by atoms with van der Waals surface area (Å²) in [6.45, 7) is 5.17. The van der Waals surface area contributed by atoms with Gasteiger partial charge in [0.15, 0.2) is 0 Å². The lowest BCUT2D eigenvalue weighted by molar-refractivity contribution is 0.533. The average molecular weight is 278 g/mol. The van der Waals surface area contributed by atoms with Crippen molar-refractivity contribution >= 4 is 11.3 Å². The fourth-order valence-corrected chi connectivity index (χ4v) is 2.96. The summed E-state index contributed by atoms with van der Waals surface area (Å²) < 4.78 is 12.9. The van der Waals surface area contributed by atoms with Crippen LogP contribution in [-0.2, 0) is 6.42 Å². The molecule has 4 heteroatoms. The summed E-state index contributed by atoms with van der Waals surface area (Å²) in [4.78, 5) is 5.60. The van der Waals surface area contributed by atoms with Crippen molar-refractivity contribution in [3.63, 3.8) is 0 Å². The van der Waals surface area contributed by atoms with Gasteiger partial charge in [-0.1, -0.05) is 19.1 Å². The zero-order valence-corrected chi connectivity index (χ0v) is 12.1. The number of hydrogen-bond donors (Lipinski definition) is 1. The Balaban J connectivity index is 2.14. The molecule has 1 aromatic heterocycles. The highest BCUT2D eigenvalue weighted by molar-refractivity contribution is 7.09. The summed E-state index contributed by atoms with van der Waals surface area (Å²) in [5.41, 5.74) is 4.11. The molecule has 1 aromatic carbocycles. The third kappa shape index (κ3) is 3.85. The predicted molar refractivity (Wildman–Crippen MR) is 78.0 cm³/mol. The van der Waals surface area contributed by atoms with Crippen LogP contribution in [0.1, 0.15) is 35.5 Å². The molecule has 1 N–H and O–H groups in total. The van der Waals surface area contributed by atoms with Crippen molar-refractivity contribution in [1.29, 1.82) is 0 Å². The Morgan fingerprint density at radius 1 is 1.32 bits per heavy atom. The lowest BCUT2D eigenvalue weighted by atomic mass is 10.0. The standard InChI is InChI=1S/C15H19FN2S/c1-3-8-17-14(15-11(2)18-10-19-15)9-12-4-6-13(16)7-5-12/h4-7,10,14,17H,3,8-9H2,1-2H3. The van der Waals surface area contributed by atoms with Crippen LogP contribution in [0.2, 0.25) is 0 Å². The Morgan fingerprint density at radius 3 is 2.63 bits per heavy atom. The normalized spacial score (nSPS) is 12.6. The molecule has 0 aliphatic carbocycles. The van der Waals surface area contributed by atoms with Crippen LogP contribution in [0, 0.1) is 12.7 Å². The molecule has 1 unspecified atom stereocenters. The molecular formula is C15H19FN2S. The van der Waals surface area contributed by atoms with E-state index in [4.69, 9.17) is 0 Å². The van der Waals surface area contributed by atoms with Crippen molar-refractivity contribution in [3.8, 4) is 0 Å². The minimum absolute atomic E-state index is 0.184. The lowest BCUT2D eigenvalue weighted by Crippen LogP contribution is -2.24. The summed E-state index contributed by atoms with van der Waals surface area (Å²) >= 11 is 1.68. The molecule has 0 fully saturated rings. The SMILES string of the molecule is CCCNC(Cc1ccc(F)cc1)c1scnc1C. The first-order valence-corrected chi connectivity index (χ1v) is 7.46. The molecule has 0 aliphatic rings. The highest BCUT2D eigenvalue weighted by atomic mass is 32.1. The van der Waals surface area contributed by atoms with Gasteiger partial charge in [0.2, 0.25) is 0 Å². The molecule has 0 aliphatic heterocycles. The number of aromatic nitrogens is 1. The van der Waals surface area contributed by atoms with Crippen LogP contribution in [-0.4, -0.2) is 11.5 Å². The number of nitrogens with one attached hydrogen (secondary N) is 1. The Morgan fingerprint density at radius 2 is 2.05 bits per heavy atom. The molecular weight excluding hydrogens is 259 g/mol. The molecule has 0 bridgehead atoms. The number of benzene rings is 1.